The zero-order chi connectivity index (χ0) is 23.8. The largest absolute Gasteiger partial charge is 0.347 e. The van der Waals surface area contributed by atoms with Crippen molar-refractivity contribution in [2.24, 2.45) is 0 Å². The number of amides is 3. The van der Waals surface area contributed by atoms with Crippen molar-refractivity contribution in [3.8, 4) is 0 Å². The highest BCUT2D eigenvalue weighted by Crippen LogP contribution is 2.20. The molecule has 0 saturated carbocycles. The molecule has 0 unspecified atom stereocenters. The molecule has 0 atom stereocenters. The third kappa shape index (κ3) is 6.36. The number of para-hydroxylation sites is 1. The summed E-state index contributed by atoms with van der Waals surface area (Å²) in [5, 5.41) is 16.3. The monoisotopic (exact) mass is 453 g/mol. The van der Waals surface area contributed by atoms with Crippen LogP contribution in [0.4, 0.5) is 11.4 Å². The topological polar surface area (TPSA) is 125 Å². The second-order valence-corrected chi connectivity index (χ2v) is 7.67. The Morgan fingerprint density at radius 3 is 2.27 bits per heavy atom. The van der Waals surface area contributed by atoms with Gasteiger partial charge >= 0.3 is 11.8 Å². The van der Waals surface area contributed by atoms with Gasteiger partial charge in [-0.25, -0.2) is 0 Å². The SMILES string of the molecule is CCc1ccc(NC(=O)C(=O)NCCN2CCN(C(=O)c3ccccc3[N+](=O)[O-])CC2)cc1. The zero-order valence-electron chi connectivity index (χ0n) is 18.5. The molecule has 1 fully saturated rings. The lowest BCUT2D eigenvalue weighted by molar-refractivity contribution is -0.385. The molecular weight excluding hydrogens is 426 g/mol. The first kappa shape index (κ1) is 23.9. The van der Waals surface area contributed by atoms with Crippen molar-refractivity contribution in [1.82, 2.24) is 15.1 Å². The number of benzene rings is 2. The van der Waals surface area contributed by atoms with Crippen molar-refractivity contribution in [3.05, 3.63) is 69.8 Å². The van der Waals surface area contributed by atoms with Crippen molar-refractivity contribution in [2.75, 3.05) is 44.6 Å². The predicted octanol–water partition coefficient (Wildman–Crippen LogP) is 1.67. The number of hydrogen-bond acceptors (Lipinski definition) is 6. The normalized spacial score (nSPS) is 13.9. The van der Waals surface area contributed by atoms with Crippen LogP contribution in [-0.2, 0) is 16.0 Å². The van der Waals surface area contributed by atoms with Crippen LogP contribution in [0.1, 0.15) is 22.8 Å². The number of nitro benzene ring substituents is 1. The summed E-state index contributed by atoms with van der Waals surface area (Å²) in [5.41, 5.74) is 1.58. The van der Waals surface area contributed by atoms with Crippen LogP contribution in [-0.4, -0.2) is 71.7 Å². The van der Waals surface area contributed by atoms with Gasteiger partial charge in [0.15, 0.2) is 0 Å². The summed E-state index contributed by atoms with van der Waals surface area (Å²) in [6.45, 7) is 4.83. The van der Waals surface area contributed by atoms with Crippen LogP contribution >= 0.6 is 0 Å². The molecule has 1 aliphatic rings. The Hall–Kier alpha value is -3.79. The maximum Gasteiger partial charge on any atom is 0.313 e. The molecule has 2 aromatic rings. The highest BCUT2D eigenvalue weighted by molar-refractivity contribution is 6.39. The minimum absolute atomic E-state index is 0.0820. The van der Waals surface area contributed by atoms with Gasteiger partial charge in [0.25, 0.3) is 11.6 Å². The van der Waals surface area contributed by atoms with Crippen molar-refractivity contribution < 1.29 is 19.3 Å². The summed E-state index contributed by atoms with van der Waals surface area (Å²) in [6.07, 6.45) is 0.892. The summed E-state index contributed by atoms with van der Waals surface area (Å²) in [6, 6.07) is 13.2. The molecule has 0 radical (unpaired) electrons. The number of nitrogens with one attached hydrogen (secondary N) is 2. The molecule has 3 rings (SSSR count). The van der Waals surface area contributed by atoms with Crippen molar-refractivity contribution >= 4 is 29.1 Å². The van der Waals surface area contributed by atoms with Crippen molar-refractivity contribution in [3.63, 3.8) is 0 Å². The van der Waals surface area contributed by atoms with Gasteiger partial charge in [-0.1, -0.05) is 31.2 Å². The fourth-order valence-corrected chi connectivity index (χ4v) is 3.58. The minimum atomic E-state index is -0.723. The summed E-state index contributed by atoms with van der Waals surface area (Å²) in [7, 11) is 0. The Labute approximate surface area is 191 Å². The van der Waals surface area contributed by atoms with Crippen molar-refractivity contribution in [2.45, 2.75) is 13.3 Å². The number of hydrogen-bond donors (Lipinski definition) is 2. The first-order valence-corrected chi connectivity index (χ1v) is 10.8. The van der Waals surface area contributed by atoms with E-state index in [2.05, 4.69) is 15.5 Å². The molecule has 1 aliphatic heterocycles. The molecule has 0 bridgehead atoms. The maximum absolute atomic E-state index is 12.7. The Bertz CT molecular complexity index is 1020. The Morgan fingerprint density at radius 2 is 1.64 bits per heavy atom. The maximum atomic E-state index is 12.7. The number of rotatable bonds is 7. The van der Waals surface area contributed by atoms with Gasteiger partial charge < -0.3 is 15.5 Å². The van der Waals surface area contributed by atoms with E-state index in [0.717, 1.165) is 12.0 Å². The smallest absolute Gasteiger partial charge is 0.313 e. The molecule has 0 aliphatic carbocycles. The number of nitrogens with zero attached hydrogens (tertiary/aromatic N) is 3. The van der Waals surface area contributed by atoms with Gasteiger partial charge in [0, 0.05) is 51.0 Å². The first-order chi connectivity index (χ1) is 15.9. The minimum Gasteiger partial charge on any atom is -0.347 e. The van der Waals surface area contributed by atoms with E-state index in [1.165, 1.54) is 18.2 Å². The fraction of sp³-hybridized carbons (Fsp3) is 0.348. The number of nitro groups is 1. The molecule has 174 valence electrons. The van der Waals surface area contributed by atoms with Gasteiger partial charge in [-0.05, 0) is 30.2 Å². The molecule has 2 aromatic carbocycles. The summed E-state index contributed by atoms with van der Waals surface area (Å²) in [5.74, 6) is -1.79. The average molecular weight is 453 g/mol. The van der Waals surface area contributed by atoms with E-state index in [1.54, 1.807) is 23.1 Å². The second kappa shape index (κ2) is 11.2. The Morgan fingerprint density at radius 1 is 0.970 bits per heavy atom. The summed E-state index contributed by atoms with van der Waals surface area (Å²) in [4.78, 5) is 51.1. The molecule has 33 heavy (non-hydrogen) atoms. The number of carbonyl (C=O) groups excluding carboxylic acids is 3. The van der Waals surface area contributed by atoms with Crippen LogP contribution in [0.25, 0.3) is 0 Å². The van der Waals surface area contributed by atoms with E-state index in [0.29, 0.717) is 45.0 Å². The van der Waals surface area contributed by atoms with E-state index in [4.69, 9.17) is 0 Å². The van der Waals surface area contributed by atoms with E-state index in [1.807, 2.05) is 19.1 Å². The molecule has 2 N–H and O–H groups in total. The number of anilines is 1. The van der Waals surface area contributed by atoms with E-state index in [-0.39, 0.29) is 17.2 Å². The molecule has 0 aromatic heterocycles. The summed E-state index contributed by atoms with van der Waals surface area (Å²) >= 11 is 0. The molecular formula is C23H27N5O5. The zero-order valence-corrected chi connectivity index (χ0v) is 18.5. The van der Waals surface area contributed by atoms with E-state index >= 15 is 0 Å². The van der Waals surface area contributed by atoms with Gasteiger partial charge in [0.2, 0.25) is 0 Å². The first-order valence-electron chi connectivity index (χ1n) is 10.8. The summed E-state index contributed by atoms with van der Waals surface area (Å²) < 4.78 is 0. The van der Waals surface area contributed by atoms with Crippen LogP contribution in [0, 0.1) is 10.1 Å². The van der Waals surface area contributed by atoms with Gasteiger partial charge in [-0.2, -0.15) is 0 Å². The van der Waals surface area contributed by atoms with Crippen LogP contribution in [0.3, 0.4) is 0 Å². The molecule has 0 spiro atoms. The highest BCUT2D eigenvalue weighted by Gasteiger charge is 2.27. The predicted molar refractivity (Wildman–Crippen MR) is 123 cm³/mol. The molecule has 1 heterocycles. The third-order valence-electron chi connectivity index (χ3n) is 5.53. The van der Waals surface area contributed by atoms with Gasteiger partial charge in [0.1, 0.15) is 5.56 Å². The van der Waals surface area contributed by atoms with Gasteiger partial charge in [0.05, 0.1) is 4.92 Å². The lowest BCUT2D eigenvalue weighted by atomic mass is 10.1. The molecule has 1 saturated heterocycles. The standard InChI is InChI=1S/C23H27N5O5/c1-2-17-7-9-18(10-8-17)25-22(30)21(29)24-11-12-26-13-15-27(16-14-26)23(31)19-5-3-4-6-20(19)28(32)33/h3-10H,2,11-16H2,1H3,(H,24,29)(H,25,30). The van der Waals surface area contributed by atoms with Crippen LogP contribution in [0.2, 0.25) is 0 Å². The molecule has 10 nitrogen and oxygen atoms in total. The van der Waals surface area contributed by atoms with E-state index in [9.17, 15) is 24.5 Å². The Kier molecular flexibility index (Phi) is 8.09. The van der Waals surface area contributed by atoms with Crippen LogP contribution in [0.15, 0.2) is 48.5 Å². The van der Waals surface area contributed by atoms with Crippen LogP contribution in [0.5, 0.6) is 0 Å². The van der Waals surface area contributed by atoms with Crippen molar-refractivity contribution in [1.29, 1.82) is 0 Å². The second-order valence-electron chi connectivity index (χ2n) is 7.67. The number of carbonyl (C=O) groups is 3. The third-order valence-corrected chi connectivity index (χ3v) is 5.53. The fourth-order valence-electron chi connectivity index (χ4n) is 3.58. The lowest BCUT2D eigenvalue weighted by Crippen LogP contribution is -2.50. The van der Waals surface area contributed by atoms with Gasteiger partial charge in [-0.15, -0.1) is 0 Å². The lowest BCUT2D eigenvalue weighted by Gasteiger charge is -2.34. The van der Waals surface area contributed by atoms with E-state index < -0.39 is 16.7 Å². The van der Waals surface area contributed by atoms with Crippen LogP contribution < -0.4 is 10.6 Å². The molecule has 3 amide bonds. The average Bonchev–Trinajstić information content (AvgIpc) is 2.84. The number of piperazine rings is 1. The Balaban J connectivity index is 1.40. The van der Waals surface area contributed by atoms with Gasteiger partial charge in [-0.3, -0.25) is 29.4 Å². The molecule has 10 heteroatoms. The highest BCUT2D eigenvalue weighted by atomic mass is 16.6. The number of aryl methyl sites for hydroxylation is 1. The quantitative estimate of drug-likeness (QED) is 0.373.